The molecule has 0 radical (unpaired) electrons. The minimum Gasteiger partial charge on any atom is -0.480 e. The highest BCUT2D eigenvalue weighted by molar-refractivity contribution is 8.01. The number of thioether (sulfide) groups is 1. The number of carbonyl (C=O) groups excluding carboxylic acids is 1. The molecule has 1 aliphatic rings. The van der Waals surface area contributed by atoms with Gasteiger partial charge >= 0.3 is 11.9 Å². The van der Waals surface area contributed by atoms with Crippen LogP contribution < -0.4 is 0 Å². The summed E-state index contributed by atoms with van der Waals surface area (Å²) in [6.45, 7) is 2.08. The van der Waals surface area contributed by atoms with E-state index in [9.17, 15) is 9.59 Å². The number of hydrogen-bond donors (Lipinski definition) is 1. The van der Waals surface area contributed by atoms with Crippen LogP contribution in [0.1, 0.15) is 19.8 Å². The highest BCUT2D eigenvalue weighted by Crippen LogP contribution is 2.39. The van der Waals surface area contributed by atoms with Crippen LogP contribution in [0.25, 0.3) is 0 Å². The number of carbonyl (C=O) groups is 2. The summed E-state index contributed by atoms with van der Waals surface area (Å²) < 4.78 is 4.72. The maximum atomic E-state index is 11.0. The molecule has 0 bridgehead atoms. The van der Waals surface area contributed by atoms with Crippen molar-refractivity contribution >= 4 is 23.7 Å². The SMILES string of the molecule is CCOC(=O)CSC(C(=O)O)C1CC1. The van der Waals surface area contributed by atoms with Crippen molar-refractivity contribution in [2.75, 3.05) is 12.4 Å². The van der Waals surface area contributed by atoms with Gasteiger partial charge in [-0.1, -0.05) is 0 Å². The molecule has 0 aliphatic heterocycles. The Morgan fingerprint density at radius 3 is 2.64 bits per heavy atom. The molecule has 1 fully saturated rings. The Morgan fingerprint density at radius 2 is 2.21 bits per heavy atom. The first-order chi connectivity index (χ1) is 6.65. The van der Waals surface area contributed by atoms with Crippen molar-refractivity contribution in [1.82, 2.24) is 0 Å². The lowest BCUT2D eigenvalue weighted by Gasteiger charge is -2.09. The maximum absolute atomic E-state index is 11.0. The molecule has 1 aliphatic carbocycles. The lowest BCUT2D eigenvalue weighted by molar-refractivity contribution is -0.139. The molecule has 4 nitrogen and oxygen atoms in total. The second-order valence-electron chi connectivity index (χ2n) is 3.21. The summed E-state index contributed by atoms with van der Waals surface area (Å²) in [5.74, 6) is -0.750. The number of ether oxygens (including phenoxy) is 1. The normalized spacial score (nSPS) is 17.5. The van der Waals surface area contributed by atoms with E-state index in [4.69, 9.17) is 9.84 Å². The molecule has 1 saturated carbocycles. The third-order valence-corrected chi connectivity index (χ3v) is 3.33. The van der Waals surface area contributed by atoms with E-state index in [1.165, 1.54) is 11.8 Å². The molecule has 1 atom stereocenters. The predicted molar refractivity (Wildman–Crippen MR) is 53.2 cm³/mol. The fraction of sp³-hybridized carbons (Fsp3) is 0.778. The van der Waals surface area contributed by atoms with Gasteiger partial charge in [-0.05, 0) is 25.7 Å². The van der Waals surface area contributed by atoms with Gasteiger partial charge in [0.05, 0.1) is 12.4 Å². The molecular formula is C9H14O4S. The quantitative estimate of drug-likeness (QED) is 0.677. The zero-order valence-corrected chi connectivity index (χ0v) is 8.88. The van der Waals surface area contributed by atoms with Crippen LogP contribution in [0.15, 0.2) is 0 Å². The first-order valence-electron chi connectivity index (χ1n) is 4.65. The van der Waals surface area contributed by atoms with Gasteiger partial charge in [-0.2, -0.15) is 0 Å². The van der Waals surface area contributed by atoms with Crippen LogP contribution >= 0.6 is 11.8 Å². The Hall–Kier alpha value is -0.710. The highest BCUT2D eigenvalue weighted by Gasteiger charge is 2.36. The molecule has 14 heavy (non-hydrogen) atoms. The van der Waals surface area contributed by atoms with Gasteiger partial charge in [0.15, 0.2) is 0 Å². The van der Waals surface area contributed by atoms with Crippen LogP contribution in [0, 0.1) is 5.92 Å². The van der Waals surface area contributed by atoms with E-state index in [0.29, 0.717) is 6.61 Å². The molecule has 80 valence electrons. The number of carboxylic acid groups (broad SMARTS) is 1. The Labute approximate surface area is 87.0 Å². The van der Waals surface area contributed by atoms with E-state index in [2.05, 4.69) is 0 Å². The van der Waals surface area contributed by atoms with Gasteiger partial charge in [0.25, 0.3) is 0 Å². The minimum atomic E-state index is -0.818. The summed E-state index contributed by atoms with van der Waals surface area (Å²) in [6, 6.07) is 0. The summed E-state index contributed by atoms with van der Waals surface area (Å²) in [7, 11) is 0. The van der Waals surface area contributed by atoms with E-state index in [0.717, 1.165) is 12.8 Å². The molecule has 0 heterocycles. The third kappa shape index (κ3) is 3.57. The van der Waals surface area contributed by atoms with Crippen molar-refractivity contribution in [3.05, 3.63) is 0 Å². The molecule has 1 N–H and O–H groups in total. The van der Waals surface area contributed by atoms with Crippen LogP contribution in [-0.4, -0.2) is 34.7 Å². The summed E-state index contributed by atoms with van der Waals surface area (Å²) in [4.78, 5) is 21.8. The summed E-state index contributed by atoms with van der Waals surface area (Å²) in [5.41, 5.74) is 0. The third-order valence-electron chi connectivity index (χ3n) is 1.98. The van der Waals surface area contributed by atoms with Crippen LogP contribution in [-0.2, 0) is 14.3 Å². The van der Waals surface area contributed by atoms with E-state index in [1.807, 2.05) is 0 Å². The number of rotatable bonds is 6. The number of carboxylic acids is 1. The standard InChI is InChI=1S/C9H14O4S/c1-2-13-7(10)5-14-8(9(11)12)6-3-4-6/h6,8H,2-5H2,1H3,(H,11,12). The number of aliphatic carboxylic acids is 1. The lowest BCUT2D eigenvalue weighted by Crippen LogP contribution is -2.21. The Balaban J connectivity index is 2.26. The Kier molecular flexibility index (Phi) is 4.25. The fourth-order valence-corrected chi connectivity index (χ4v) is 2.25. The molecule has 1 rings (SSSR count). The number of esters is 1. The van der Waals surface area contributed by atoms with Crippen LogP contribution in [0.3, 0.4) is 0 Å². The molecule has 0 saturated heterocycles. The molecule has 0 aromatic carbocycles. The van der Waals surface area contributed by atoms with Crippen molar-refractivity contribution < 1.29 is 19.4 Å². The Bertz CT molecular complexity index is 225. The smallest absolute Gasteiger partial charge is 0.316 e. The lowest BCUT2D eigenvalue weighted by atomic mass is 10.3. The van der Waals surface area contributed by atoms with E-state index in [1.54, 1.807) is 6.92 Å². The van der Waals surface area contributed by atoms with Gasteiger partial charge in [0, 0.05) is 0 Å². The zero-order valence-electron chi connectivity index (χ0n) is 8.06. The van der Waals surface area contributed by atoms with Crippen LogP contribution in [0.2, 0.25) is 0 Å². The summed E-state index contributed by atoms with van der Waals surface area (Å²) in [5, 5.41) is 8.42. The largest absolute Gasteiger partial charge is 0.480 e. The van der Waals surface area contributed by atoms with Crippen molar-refractivity contribution in [2.45, 2.75) is 25.0 Å². The Morgan fingerprint density at radius 1 is 1.57 bits per heavy atom. The predicted octanol–water partition coefficient (Wildman–Crippen LogP) is 1.15. The molecule has 0 aromatic rings. The van der Waals surface area contributed by atoms with Crippen LogP contribution in [0.4, 0.5) is 0 Å². The highest BCUT2D eigenvalue weighted by atomic mass is 32.2. The van der Waals surface area contributed by atoms with E-state index in [-0.39, 0.29) is 17.6 Å². The van der Waals surface area contributed by atoms with Crippen LogP contribution in [0.5, 0.6) is 0 Å². The topological polar surface area (TPSA) is 63.6 Å². The van der Waals surface area contributed by atoms with Crippen molar-refractivity contribution in [3.63, 3.8) is 0 Å². The van der Waals surface area contributed by atoms with Gasteiger partial charge in [-0.25, -0.2) is 0 Å². The van der Waals surface area contributed by atoms with Gasteiger partial charge in [0.1, 0.15) is 5.25 Å². The van der Waals surface area contributed by atoms with Crippen molar-refractivity contribution in [1.29, 1.82) is 0 Å². The van der Waals surface area contributed by atoms with Gasteiger partial charge in [-0.3, -0.25) is 9.59 Å². The summed E-state index contributed by atoms with van der Waals surface area (Å²) >= 11 is 1.17. The first kappa shape index (κ1) is 11.4. The first-order valence-corrected chi connectivity index (χ1v) is 5.70. The monoisotopic (exact) mass is 218 g/mol. The molecule has 0 spiro atoms. The minimum absolute atomic E-state index is 0.140. The second kappa shape index (κ2) is 5.24. The van der Waals surface area contributed by atoms with Crippen molar-refractivity contribution in [2.24, 2.45) is 5.92 Å². The molecule has 0 amide bonds. The number of hydrogen-bond acceptors (Lipinski definition) is 4. The van der Waals surface area contributed by atoms with E-state index < -0.39 is 11.2 Å². The molecular weight excluding hydrogens is 204 g/mol. The molecule has 0 aromatic heterocycles. The van der Waals surface area contributed by atoms with Gasteiger partial charge in [0.2, 0.25) is 0 Å². The average Bonchev–Trinajstić information content (AvgIpc) is 2.88. The fourth-order valence-electron chi connectivity index (χ4n) is 1.17. The zero-order chi connectivity index (χ0) is 10.6. The molecule has 5 heteroatoms. The second-order valence-corrected chi connectivity index (χ2v) is 4.34. The average molecular weight is 218 g/mol. The van der Waals surface area contributed by atoms with Gasteiger partial charge < -0.3 is 9.84 Å². The van der Waals surface area contributed by atoms with Crippen molar-refractivity contribution in [3.8, 4) is 0 Å². The summed E-state index contributed by atoms with van der Waals surface area (Å²) in [6.07, 6.45) is 1.93. The van der Waals surface area contributed by atoms with E-state index >= 15 is 0 Å². The van der Waals surface area contributed by atoms with Gasteiger partial charge in [-0.15, -0.1) is 11.8 Å². The maximum Gasteiger partial charge on any atom is 0.316 e. The molecule has 1 unspecified atom stereocenters.